The molecular formula is C23H19N3O3S3. The van der Waals surface area contributed by atoms with Crippen molar-refractivity contribution in [1.29, 1.82) is 0 Å². The molecule has 1 N–H and O–H groups in total. The maximum atomic E-state index is 12.6. The normalized spacial score (nSPS) is 10.7. The number of carbonyl (C=O) groups excluding carboxylic acids is 2. The van der Waals surface area contributed by atoms with Crippen LogP contribution >= 0.6 is 34.4 Å². The lowest BCUT2D eigenvalue weighted by Crippen LogP contribution is -2.21. The van der Waals surface area contributed by atoms with E-state index in [1.807, 2.05) is 48.0 Å². The summed E-state index contributed by atoms with van der Waals surface area (Å²) in [6.07, 6.45) is 0. The first-order chi connectivity index (χ1) is 15.6. The van der Waals surface area contributed by atoms with Gasteiger partial charge in [-0.3, -0.25) is 4.79 Å². The van der Waals surface area contributed by atoms with E-state index in [1.54, 1.807) is 35.0 Å². The fourth-order valence-electron chi connectivity index (χ4n) is 2.88. The molecule has 0 bridgehead atoms. The van der Waals surface area contributed by atoms with Crippen molar-refractivity contribution in [1.82, 2.24) is 9.97 Å². The minimum absolute atomic E-state index is 0.371. The SMILES string of the molecule is Cc1nc(-c2cccc(NC(=O)COC(=O)c3ccccc3SCc3cscn3)c2)cs1. The van der Waals surface area contributed by atoms with E-state index in [2.05, 4.69) is 15.3 Å². The van der Waals surface area contributed by atoms with E-state index in [9.17, 15) is 9.59 Å². The third-order valence-corrected chi connectivity index (χ3v) is 6.88. The summed E-state index contributed by atoms with van der Waals surface area (Å²) in [5, 5.41) is 7.70. The number of aryl methyl sites for hydroxylation is 1. The lowest BCUT2D eigenvalue weighted by molar-refractivity contribution is -0.119. The van der Waals surface area contributed by atoms with Crippen molar-refractivity contribution in [2.75, 3.05) is 11.9 Å². The third kappa shape index (κ3) is 5.82. The number of anilines is 1. The molecule has 4 rings (SSSR count). The van der Waals surface area contributed by atoms with E-state index in [0.717, 1.165) is 26.9 Å². The predicted octanol–water partition coefficient (Wildman–Crippen LogP) is 5.66. The van der Waals surface area contributed by atoms with E-state index in [4.69, 9.17) is 4.74 Å². The highest BCUT2D eigenvalue weighted by molar-refractivity contribution is 7.98. The first kappa shape index (κ1) is 22.2. The second-order valence-electron chi connectivity index (χ2n) is 6.72. The monoisotopic (exact) mass is 481 g/mol. The summed E-state index contributed by atoms with van der Waals surface area (Å²) >= 11 is 4.61. The van der Waals surface area contributed by atoms with Gasteiger partial charge in [0.05, 0.1) is 27.5 Å². The molecule has 0 spiro atoms. The number of benzene rings is 2. The van der Waals surface area contributed by atoms with Crippen molar-refractivity contribution in [3.8, 4) is 11.3 Å². The molecule has 0 aliphatic heterocycles. The zero-order valence-corrected chi connectivity index (χ0v) is 19.6. The molecule has 0 aliphatic carbocycles. The van der Waals surface area contributed by atoms with Gasteiger partial charge in [-0.2, -0.15) is 0 Å². The van der Waals surface area contributed by atoms with Gasteiger partial charge in [0.2, 0.25) is 0 Å². The second kappa shape index (κ2) is 10.5. The molecule has 1 amide bonds. The van der Waals surface area contributed by atoms with Crippen LogP contribution in [0.3, 0.4) is 0 Å². The first-order valence-corrected chi connectivity index (χ1v) is 12.5. The molecule has 2 aromatic heterocycles. The van der Waals surface area contributed by atoms with Crippen LogP contribution in [0.15, 0.2) is 69.7 Å². The molecule has 0 unspecified atom stereocenters. The molecular weight excluding hydrogens is 462 g/mol. The number of esters is 1. The molecule has 0 atom stereocenters. The summed E-state index contributed by atoms with van der Waals surface area (Å²) in [7, 11) is 0. The highest BCUT2D eigenvalue weighted by Gasteiger charge is 2.15. The Labute approximate surface area is 197 Å². The maximum absolute atomic E-state index is 12.6. The van der Waals surface area contributed by atoms with Crippen molar-refractivity contribution < 1.29 is 14.3 Å². The molecule has 0 saturated heterocycles. The van der Waals surface area contributed by atoms with Gasteiger partial charge in [-0.25, -0.2) is 14.8 Å². The Balaban J connectivity index is 1.34. The molecule has 6 nitrogen and oxygen atoms in total. The number of aromatic nitrogens is 2. The quantitative estimate of drug-likeness (QED) is 0.258. The highest BCUT2D eigenvalue weighted by atomic mass is 32.2. The van der Waals surface area contributed by atoms with Gasteiger partial charge < -0.3 is 10.1 Å². The van der Waals surface area contributed by atoms with Crippen molar-refractivity contribution in [3.05, 3.63) is 81.1 Å². The van der Waals surface area contributed by atoms with E-state index in [0.29, 0.717) is 17.0 Å². The Morgan fingerprint density at radius 2 is 2.00 bits per heavy atom. The molecule has 162 valence electrons. The van der Waals surface area contributed by atoms with Gasteiger partial charge in [-0.05, 0) is 31.2 Å². The number of rotatable bonds is 8. The Kier molecular flexibility index (Phi) is 7.31. The zero-order valence-electron chi connectivity index (χ0n) is 17.1. The number of hydrogen-bond acceptors (Lipinski definition) is 8. The summed E-state index contributed by atoms with van der Waals surface area (Å²) in [4.78, 5) is 34.5. The van der Waals surface area contributed by atoms with Gasteiger partial charge in [0.15, 0.2) is 6.61 Å². The minimum atomic E-state index is -0.534. The largest absolute Gasteiger partial charge is 0.452 e. The number of amides is 1. The lowest BCUT2D eigenvalue weighted by atomic mass is 10.1. The van der Waals surface area contributed by atoms with Gasteiger partial charge in [-0.15, -0.1) is 34.4 Å². The number of carbonyl (C=O) groups is 2. The Bertz CT molecular complexity index is 1220. The molecule has 0 aliphatic rings. The number of thiazole rings is 2. The smallest absolute Gasteiger partial charge is 0.339 e. The maximum Gasteiger partial charge on any atom is 0.339 e. The lowest BCUT2D eigenvalue weighted by Gasteiger charge is -2.10. The first-order valence-electron chi connectivity index (χ1n) is 9.67. The van der Waals surface area contributed by atoms with Gasteiger partial charge >= 0.3 is 5.97 Å². The van der Waals surface area contributed by atoms with Gasteiger partial charge in [0, 0.05) is 32.7 Å². The van der Waals surface area contributed by atoms with Crippen LogP contribution in [0, 0.1) is 6.92 Å². The molecule has 0 radical (unpaired) electrons. The van der Waals surface area contributed by atoms with Crippen LogP contribution < -0.4 is 5.32 Å². The number of hydrogen-bond donors (Lipinski definition) is 1. The molecule has 0 saturated carbocycles. The van der Waals surface area contributed by atoms with Gasteiger partial charge in [0.1, 0.15) is 0 Å². The van der Waals surface area contributed by atoms with Crippen LogP contribution in [0.5, 0.6) is 0 Å². The molecule has 9 heteroatoms. The summed E-state index contributed by atoms with van der Waals surface area (Å²) in [5.41, 5.74) is 5.56. The highest BCUT2D eigenvalue weighted by Crippen LogP contribution is 2.27. The fourth-order valence-corrected chi connectivity index (χ4v) is 5.11. The van der Waals surface area contributed by atoms with E-state index < -0.39 is 11.9 Å². The summed E-state index contributed by atoms with van der Waals surface area (Å²) in [6, 6.07) is 14.6. The summed E-state index contributed by atoms with van der Waals surface area (Å²) in [6.45, 7) is 1.58. The van der Waals surface area contributed by atoms with E-state index in [1.165, 1.54) is 23.1 Å². The van der Waals surface area contributed by atoms with Crippen LogP contribution in [0.2, 0.25) is 0 Å². The van der Waals surface area contributed by atoms with Crippen molar-refractivity contribution in [2.24, 2.45) is 0 Å². The summed E-state index contributed by atoms with van der Waals surface area (Å²) in [5.74, 6) is -0.283. The molecule has 2 aromatic carbocycles. The van der Waals surface area contributed by atoms with Crippen molar-refractivity contribution in [2.45, 2.75) is 17.6 Å². The van der Waals surface area contributed by atoms with Gasteiger partial charge in [-0.1, -0.05) is 24.3 Å². The van der Waals surface area contributed by atoms with Crippen molar-refractivity contribution in [3.63, 3.8) is 0 Å². The van der Waals surface area contributed by atoms with Crippen LogP contribution in [0.1, 0.15) is 21.1 Å². The second-order valence-corrected chi connectivity index (χ2v) is 9.52. The zero-order chi connectivity index (χ0) is 22.3. The number of thioether (sulfide) groups is 1. The van der Waals surface area contributed by atoms with Crippen LogP contribution in [0.25, 0.3) is 11.3 Å². The average molecular weight is 482 g/mol. The van der Waals surface area contributed by atoms with E-state index >= 15 is 0 Å². The topological polar surface area (TPSA) is 81.2 Å². The molecule has 0 fully saturated rings. The van der Waals surface area contributed by atoms with E-state index in [-0.39, 0.29) is 6.61 Å². The third-order valence-electron chi connectivity index (χ3n) is 4.36. The Hall–Kier alpha value is -3.01. The van der Waals surface area contributed by atoms with Crippen LogP contribution in [-0.4, -0.2) is 28.5 Å². The van der Waals surface area contributed by atoms with Crippen LogP contribution in [-0.2, 0) is 15.3 Å². The fraction of sp³-hybridized carbons (Fsp3) is 0.130. The summed E-state index contributed by atoms with van der Waals surface area (Å²) < 4.78 is 5.27. The predicted molar refractivity (Wildman–Crippen MR) is 129 cm³/mol. The number of ether oxygens (including phenoxy) is 1. The minimum Gasteiger partial charge on any atom is -0.452 e. The Morgan fingerprint density at radius 3 is 2.78 bits per heavy atom. The van der Waals surface area contributed by atoms with Crippen LogP contribution in [0.4, 0.5) is 5.69 Å². The average Bonchev–Trinajstić information content (AvgIpc) is 3.48. The standard InChI is InChI=1S/C23H19N3O3S3/c1-15-25-20(13-31-15)16-5-4-6-17(9-16)26-22(27)10-29-23(28)19-7-2-3-8-21(19)32-12-18-11-30-14-24-18/h2-9,11,13-14H,10,12H2,1H3,(H,26,27). The Morgan fingerprint density at radius 1 is 1.12 bits per heavy atom. The molecule has 32 heavy (non-hydrogen) atoms. The molecule has 4 aromatic rings. The van der Waals surface area contributed by atoms with Crippen molar-refractivity contribution >= 4 is 52.0 Å². The number of nitrogens with one attached hydrogen (secondary N) is 1. The van der Waals surface area contributed by atoms with Gasteiger partial charge in [0.25, 0.3) is 5.91 Å². The number of nitrogens with zero attached hydrogens (tertiary/aromatic N) is 2. The molecule has 2 heterocycles.